The largest absolute Gasteiger partial charge is 0.309 e. The van der Waals surface area contributed by atoms with Gasteiger partial charge in [0.05, 0.1) is 20.8 Å². The van der Waals surface area contributed by atoms with Crippen LogP contribution in [0.25, 0.3) is 49.4 Å². The van der Waals surface area contributed by atoms with E-state index in [1.165, 1.54) is 60.5 Å². The van der Waals surface area contributed by atoms with Gasteiger partial charge < -0.3 is 4.57 Å². The number of hydrogen-bond donors (Lipinski definition) is 0. The van der Waals surface area contributed by atoms with E-state index in [1.54, 1.807) is 36.4 Å². The van der Waals surface area contributed by atoms with Crippen LogP contribution in [-0.4, -0.2) is 13.0 Å². The second-order valence-corrected chi connectivity index (χ2v) is 14.1. The van der Waals surface area contributed by atoms with Gasteiger partial charge in [-0.25, -0.2) is 8.42 Å². The third-order valence-corrected chi connectivity index (χ3v) is 11.3. The van der Waals surface area contributed by atoms with E-state index in [1.807, 2.05) is 18.2 Å². The molecule has 0 N–H and O–H groups in total. The lowest BCUT2D eigenvalue weighted by Gasteiger charge is -2.22. The summed E-state index contributed by atoms with van der Waals surface area (Å²) in [5.74, 6) is 0. The van der Waals surface area contributed by atoms with Crippen molar-refractivity contribution in [1.82, 2.24) is 4.57 Å². The van der Waals surface area contributed by atoms with E-state index in [-0.39, 0.29) is 0 Å². The molecular weight excluding hydrogens is 583 g/mol. The van der Waals surface area contributed by atoms with E-state index in [2.05, 4.69) is 102 Å². The Morgan fingerprint density at radius 1 is 0.435 bits per heavy atom. The Kier molecular flexibility index (Phi) is 6.02. The fourth-order valence-corrected chi connectivity index (χ4v) is 8.45. The molecule has 1 heterocycles. The maximum absolute atomic E-state index is 13.1. The molecule has 1 aliphatic carbocycles. The highest BCUT2D eigenvalue weighted by atomic mass is 32.2. The highest BCUT2D eigenvalue weighted by molar-refractivity contribution is 7.91. The number of nitrogens with zero attached hydrogens (tertiary/aromatic N) is 1. The molecule has 7 aromatic carbocycles. The summed E-state index contributed by atoms with van der Waals surface area (Å²) in [4.78, 5) is 0.619. The van der Waals surface area contributed by atoms with E-state index >= 15 is 0 Å². The SMILES string of the molecule is O=S(=O)(c1ccccc1)c1ccc(-c2ccc3c(c2)Cc2cc4ccc(-n5c6ccccc6c6ccccc65)cc4cc2C3)cc1. The second-order valence-electron chi connectivity index (χ2n) is 12.2. The Hall–Kier alpha value is -5.45. The fraction of sp³-hybridized carbons (Fsp3) is 0.0476. The molecule has 0 unspecified atom stereocenters. The zero-order valence-electron chi connectivity index (χ0n) is 25.0. The first-order chi connectivity index (χ1) is 22.5. The van der Waals surface area contributed by atoms with Gasteiger partial charge in [-0.3, -0.25) is 0 Å². The molecule has 0 amide bonds. The minimum Gasteiger partial charge on any atom is -0.309 e. The molecule has 220 valence electrons. The Morgan fingerprint density at radius 2 is 1.00 bits per heavy atom. The average Bonchev–Trinajstić information content (AvgIpc) is 3.44. The van der Waals surface area contributed by atoms with E-state index in [4.69, 9.17) is 0 Å². The molecule has 0 radical (unpaired) electrons. The highest BCUT2D eigenvalue weighted by Gasteiger charge is 2.20. The first-order valence-electron chi connectivity index (χ1n) is 15.6. The van der Waals surface area contributed by atoms with Crippen LogP contribution in [0.5, 0.6) is 0 Å². The lowest BCUT2D eigenvalue weighted by molar-refractivity contribution is 0.596. The van der Waals surface area contributed by atoms with Crippen molar-refractivity contribution in [1.29, 1.82) is 0 Å². The van der Waals surface area contributed by atoms with Gasteiger partial charge in [0.25, 0.3) is 0 Å². The first-order valence-corrected chi connectivity index (χ1v) is 17.1. The standard InChI is InChI=1S/C42H29NO2S/c44-46(45,37-8-2-1-3-9-37)38-20-17-28(18-21-38)29-14-15-30-23-34-26-35-27-36(19-16-31(35)24-33(34)25-32(30)22-29)43-41-12-6-4-10-39(41)40-11-5-7-13-42(40)43/h1-22,24,26-27H,23,25H2. The Labute approximate surface area is 267 Å². The topological polar surface area (TPSA) is 39.1 Å². The van der Waals surface area contributed by atoms with Crippen molar-refractivity contribution in [2.45, 2.75) is 22.6 Å². The maximum Gasteiger partial charge on any atom is 0.206 e. The molecule has 0 spiro atoms. The summed E-state index contributed by atoms with van der Waals surface area (Å²) in [6.07, 6.45) is 1.78. The number of fused-ring (bicyclic) bond motifs is 6. The van der Waals surface area contributed by atoms with Crippen LogP contribution >= 0.6 is 0 Å². The zero-order valence-corrected chi connectivity index (χ0v) is 25.8. The number of benzene rings is 7. The number of rotatable bonds is 4. The van der Waals surface area contributed by atoms with Crippen LogP contribution in [0, 0.1) is 0 Å². The molecule has 0 saturated heterocycles. The molecule has 4 heteroatoms. The van der Waals surface area contributed by atoms with Crippen LogP contribution in [0.15, 0.2) is 161 Å². The second kappa shape index (κ2) is 10.3. The first kappa shape index (κ1) is 26.9. The van der Waals surface area contributed by atoms with Gasteiger partial charge in [0, 0.05) is 16.5 Å². The van der Waals surface area contributed by atoms with Gasteiger partial charge in [-0.05, 0) is 106 Å². The van der Waals surface area contributed by atoms with Gasteiger partial charge in [0.2, 0.25) is 9.84 Å². The Bertz CT molecular complexity index is 2530. The lowest BCUT2D eigenvalue weighted by Crippen LogP contribution is -2.08. The molecule has 3 nitrogen and oxygen atoms in total. The number of sulfone groups is 1. The van der Waals surface area contributed by atoms with Gasteiger partial charge in [-0.1, -0.05) is 103 Å². The maximum atomic E-state index is 13.1. The van der Waals surface area contributed by atoms with Gasteiger partial charge >= 0.3 is 0 Å². The molecule has 0 saturated carbocycles. The number of aromatic nitrogens is 1. The minimum absolute atomic E-state index is 0.308. The lowest BCUT2D eigenvalue weighted by atomic mass is 9.83. The zero-order chi connectivity index (χ0) is 30.8. The van der Waals surface area contributed by atoms with Gasteiger partial charge in [-0.2, -0.15) is 0 Å². The van der Waals surface area contributed by atoms with E-state index in [0.717, 1.165) is 24.0 Å². The summed E-state index contributed by atoms with van der Waals surface area (Å²) in [7, 11) is -3.54. The van der Waals surface area contributed by atoms with Crippen LogP contribution in [0.4, 0.5) is 0 Å². The van der Waals surface area contributed by atoms with Crippen LogP contribution in [0.1, 0.15) is 22.3 Å². The molecule has 46 heavy (non-hydrogen) atoms. The summed E-state index contributed by atoms with van der Waals surface area (Å²) in [6, 6.07) is 51.4. The van der Waals surface area contributed by atoms with Crippen LogP contribution < -0.4 is 0 Å². The van der Waals surface area contributed by atoms with E-state index < -0.39 is 9.84 Å². The number of para-hydroxylation sites is 2. The van der Waals surface area contributed by atoms with Crippen molar-refractivity contribution in [2.75, 3.05) is 0 Å². The predicted octanol–water partition coefficient (Wildman–Crippen LogP) is 9.93. The third kappa shape index (κ3) is 4.29. The highest BCUT2D eigenvalue weighted by Crippen LogP contribution is 2.36. The summed E-state index contributed by atoms with van der Waals surface area (Å²) in [5, 5.41) is 5.04. The van der Waals surface area contributed by atoms with Crippen LogP contribution in [-0.2, 0) is 22.7 Å². The molecule has 0 fully saturated rings. The van der Waals surface area contributed by atoms with Crippen molar-refractivity contribution in [2.24, 2.45) is 0 Å². The smallest absolute Gasteiger partial charge is 0.206 e. The van der Waals surface area contributed by atoms with Crippen molar-refractivity contribution in [3.05, 3.63) is 174 Å². The predicted molar refractivity (Wildman–Crippen MR) is 188 cm³/mol. The summed E-state index contributed by atoms with van der Waals surface area (Å²) < 4.78 is 28.5. The molecule has 0 atom stereocenters. The molecule has 9 rings (SSSR count). The summed E-state index contributed by atoms with van der Waals surface area (Å²) in [5.41, 5.74) is 11.1. The molecule has 1 aliphatic rings. The summed E-state index contributed by atoms with van der Waals surface area (Å²) in [6.45, 7) is 0. The van der Waals surface area contributed by atoms with Crippen molar-refractivity contribution in [3.8, 4) is 16.8 Å². The summed E-state index contributed by atoms with van der Waals surface area (Å²) >= 11 is 0. The molecule has 8 aromatic rings. The van der Waals surface area contributed by atoms with Gasteiger partial charge in [0.1, 0.15) is 0 Å². The van der Waals surface area contributed by atoms with Gasteiger partial charge in [-0.15, -0.1) is 0 Å². The molecule has 0 bridgehead atoms. The Balaban J connectivity index is 1.04. The number of hydrogen-bond acceptors (Lipinski definition) is 2. The minimum atomic E-state index is -3.54. The van der Waals surface area contributed by atoms with E-state index in [9.17, 15) is 8.42 Å². The normalized spacial score (nSPS) is 12.8. The molecular formula is C42H29NO2S. The van der Waals surface area contributed by atoms with Crippen LogP contribution in [0.3, 0.4) is 0 Å². The van der Waals surface area contributed by atoms with E-state index in [0.29, 0.717) is 9.79 Å². The fourth-order valence-electron chi connectivity index (χ4n) is 7.16. The third-order valence-electron chi connectivity index (χ3n) is 9.50. The van der Waals surface area contributed by atoms with Crippen LogP contribution in [0.2, 0.25) is 0 Å². The van der Waals surface area contributed by atoms with Crippen molar-refractivity contribution in [3.63, 3.8) is 0 Å². The Morgan fingerprint density at radius 3 is 1.72 bits per heavy atom. The average molecular weight is 612 g/mol. The van der Waals surface area contributed by atoms with Crippen molar-refractivity contribution >= 4 is 42.4 Å². The van der Waals surface area contributed by atoms with Gasteiger partial charge in [0.15, 0.2) is 0 Å². The van der Waals surface area contributed by atoms with Crippen molar-refractivity contribution < 1.29 is 8.42 Å². The quantitative estimate of drug-likeness (QED) is 0.199. The molecule has 1 aromatic heterocycles. The monoisotopic (exact) mass is 611 g/mol. The molecule has 0 aliphatic heterocycles.